The minimum Gasteiger partial charge on any atom is -0.398 e. The lowest BCUT2D eigenvalue weighted by molar-refractivity contribution is -0.141. The first-order chi connectivity index (χ1) is 9.74. The minimum absolute atomic E-state index is 0.162. The van der Waals surface area contributed by atoms with Crippen LogP contribution in [0, 0.1) is 0 Å². The Balaban J connectivity index is 2.56. The van der Waals surface area contributed by atoms with Gasteiger partial charge in [0.1, 0.15) is 0 Å². The molecule has 0 aliphatic rings. The molecule has 0 radical (unpaired) electrons. The predicted octanol–water partition coefficient (Wildman–Crippen LogP) is 2.27. The maximum atomic E-state index is 12.7. The van der Waals surface area contributed by atoms with Crippen LogP contribution in [0.4, 0.5) is 18.9 Å². The highest BCUT2D eigenvalue weighted by Gasteiger charge is 2.35. The van der Waals surface area contributed by atoms with Crippen LogP contribution in [0.15, 0.2) is 24.3 Å². The van der Waals surface area contributed by atoms with Crippen LogP contribution in [0.1, 0.15) is 23.0 Å². The Hall–Kier alpha value is -2.51. The molecule has 2 aromatic rings. The van der Waals surface area contributed by atoms with E-state index >= 15 is 0 Å². The number of aryl methyl sites for hydroxylation is 1. The fourth-order valence-electron chi connectivity index (χ4n) is 1.96. The van der Waals surface area contributed by atoms with E-state index in [1.165, 1.54) is 22.9 Å². The molecule has 0 saturated carbocycles. The van der Waals surface area contributed by atoms with Crippen LogP contribution in [0.2, 0.25) is 0 Å². The molecule has 0 unspecified atom stereocenters. The number of hydrogen-bond acceptors (Lipinski definition) is 3. The van der Waals surface area contributed by atoms with Crippen LogP contribution in [-0.2, 0) is 12.7 Å². The summed E-state index contributed by atoms with van der Waals surface area (Å²) in [6.07, 6.45) is -4.53. The van der Waals surface area contributed by atoms with E-state index in [0.29, 0.717) is 5.56 Å². The van der Waals surface area contributed by atoms with Crippen molar-refractivity contribution >= 4 is 11.6 Å². The number of amides is 1. The molecule has 0 saturated heterocycles. The number of hydrogen-bond donors (Lipinski definition) is 2. The molecular weight excluding hydrogens is 285 g/mol. The number of carbonyl (C=O) groups is 1. The van der Waals surface area contributed by atoms with Crippen molar-refractivity contribution in [1.29, 1.82) is 0 Å². The highest BCUT2D eigenvalue weighted by atomic mass is 19.4. The van der Waals surface area contributed by atoms with E-state index in [4.69, 9.17) is 11.5 Å². The van der Waals surface area contributed by atoms with Gasteiger partial charge in [-0.15, -0.1) is 0 Å². The Bertz CT molecular complexity index is 691. The third-order valence-electron chi connectivity index (χ3n) is 2.98. The van der Waals surface area contributed by atoms with Crippen molar-refractivity contribution in [3.63, 3.8) is 0 Å². The molecule has 112 valence electrons. The molecule has 1 aromatic heterocycles. The van der Waals surface area contributed by atoms with Gasteiger partial charge in [0.05, 0.1) is 5.69 Å². The Morgan fingerprint density at radius 3 is 2.48 bits per heavy atom. The standard InChI is InChI=1S/C13H13F3N4O/c1-2-20-10(6-11(19-20)13(14,15)16)8-4-3-7(12(18)21)5-9(8)17/h3-6H,2,17H2,1H3,(H2,18,21). The maximum absolute atomic E-state index is 12.7. The summed E-state index contributed by atoms with van der Waals surface area (Å²) in [5.41, 5.74) is 10.9. The summed E-state index contributed by atoms with van der Waals surface area (Å²) in [7, 11) is 0. The first-order valence-electron chi connectivity index (χ1n) is 6.08. The molecule has 5 nitrogen and oxygen atoms in total. The molecule has 2 rings (SSSR count). The molecule has 1 amide bonds. The lowest BCUT2D eigenvalue weighted by Crippen LogP contribution is -2.11. The van der Waals surface area contributed by atoms with Gasteiger partial charge in [-0.05, 0) is 31.2 Å². The van der Waals surface area contributed by atoms with Crippen molar-refractivity contribution in [3.05, 3.63) is 35.5 Å². The van der Waals surface area contributed by atoms with Crippen molar-refractivity contribution in [1.82, 2.24) is 9.78 Å². The molecule has 0 aliphatic carbocycles. The zero-order valence-corrected chi connectivity index (χ0v) is 11.1. The number of primary amides is 1. The van der Waals surface area contributed by atoms with Crippen LogP contribution >= 0.6 is 0 Å². The Morgan fingerprint density at radius 2 is 2.00 bits per heavy atom. The van der Waals surface area contributed by atoms with E-state index in [1.807, 2.05) is 0 Å². The number of nitrogen functional groups attached to an aromatic ring is 1. The Morgan fingerprint density at radius 1 is 1.33 bits per heavy atom. The zero-order valence-electron chi connectivity index (χ0n) is 11.1. The number of halogens is 3. The molecule has 0 aliphatic heterocycles. The second-order valence-electron chi connectivity index (χ2n) is 4.39. The molecule has 1 heterocycles. The van der Waals surface area contributed by atoms with Crippen molar-refractivity contribution in [3.8, 4) is 11.3 Å². The summed E-state index contributed by atoms with van der Waals surface area (Å²) in [5, 5.41) is 3.52. The molecule has 21 heavy (non-hydrogen) atoms. The van der Waals surface area contributed by atoms with E-state index in [9.17, 15) is 18.0 Å². The summed E-state index contributed by atoms with van der Waals surface area (Å²) in [6.45, 7) is 1.92. The number of nitrogens with zero attached hydrogens (tertiary/aromatic N) is 2. The molecular formula is C13H13F3N4O. The van der Waals surface area contributed by atoms with Crippen LogP contribution in [0.5, 0.6) is 0 Å². The van der Waals surface area contributed by atoms with Crippen molar-refractivity contribution in [2.75, 3.05) is 5.73 Å². The fraction of sp³-hybridized carbons (Fsp3) is 0.231. The highest BCUT2D eigenvalue weighted by Crippen LogP contribution is 2.33. The summed E-state index contributed by atoms with van der Waals surface area (Å²) in [6, 6.07) is 5.13. The summed E-state index contributed by atoms with van der Waals surface area (Å²) in [5.74, 6) is -0.659. The van der Waals surface area contributed by atoms with Gasteiger partial charge in [-0.3, -0.25) is 9.48 Å². The molecule has 1 aromatic carbocycles. The first-order valence-corrected chi connectivity index (χ1v) is 6.08. The summed E-state index contributed by atoms with van der Waals surface area (Å²) in [4.78, 5) is 11.1. The number of carbonyl (C=O) groups excluding carboxylic acids is 1. The normalized spacial score (nSPS) is 11.6. The summed E-state index contributed by atoms with van der Waals surface area (Å²) >= 11 is 0. The Labute approximate surface area is 118 Å². The number of benzene rings is 1. The van der Waals surface area contributed by atoms with E-state index in [0.717, 1.165) is 6.07 Å². The molecule has 4 N–H and O–H groups in total. The second kappa shape index (κ2) is 5.12. The quantitative estimate of drug-likeness (QED) is 0.852. The zero-order chi connectivity index (χ0) is 15.8. The van der Waals surface area contributed by atoms with E-state index in [1.54, 1.807) is 6.92 Å². The number of aromatic nitrogens is 2. The van der Waals surface area contributed by atoms with Gasteiger partial charge in [0.2, 0.25) is 5.91 Å². The van der Waals surface area contributed by atoms with E-state index in [-0.39, 0.29) is 23.5 Å². The van der Waals surface area contributed by atoms with E-state index < -0.39 is 17.8 Å². The van der Waals surface area contributed by atoms with Crippen molar-refractivity contribution < 1.29 is 18.0 Å². The number of alkyl halides is 3. The van der Waals surface area contributed by atoms with Crippen molar-refractivity contribution in [2.24, 2.45) is 5.73 Å². The van der Waals surface area contributed by atoms with Crippen LogP contribution in [0.3, 0.4) is 0 Å². The van der Waals surface area contributed by atoms with Gasteiger partial charge in [-0.25, -0.2) is 0 Å². The average molecular weight is 298 g/mol. The van der Waals surface area contributed by atoms with Crippen LogP contribution in [0.25, 0.3) is 11.3 Å². The maximum Gasteiger partial charge on any atom is 0.435 e. The fourth-order valence-corrected chi connectivity index (χ4v) is 1.96. The SMILES string of the molecule is CCn1nc(C(F)(F)F)cc1-c1ccc(C(N)=O)cc1N. The minimum atomic E-state index is -4.53. The third kappa shape index (κ3) is 2.83. The highest BCUT2D eigenvalue weighted by molar-refractivity contribution is 5.95. The lowest BCUT2D eigenvalue weighted by atomic mass is 10.1. The molecule has 0 bridgehead atoms. The van der Waals surface area contributed by atoms with Crippen LogP contribution in [-0.4, -0.2) is 15.7 Å². The number of anilines is 1. The van der Waals surface area contributed by atoms with Gasteiger partial charge in [0, 0.05) is 23.4 Å². The number of nitrogens with two attached hydrogens (primary N) is 2. The third-order valence-corrected chi connectivity index (χ3v) is 2.98. The lowest BCUT2D eigenvalue weighted by Gasteiger charge is -2.08. The van der Waals surface area contributed by atoms with E-state index in [2.05, 4.69) is 5.10 Å². The first kappa shape index (κ1) is 14.9. The van der Waals surface area contributed by atoms with Crippen molar-refractivity contribution in [2.45, 2.75) is 19.6 Å². The van der Waals surface area contributed by atoms with Gasteiger partial charge in [-0.1, -0.05) is 0 Å². The van der Waals surface area contributed by atoms with Gasteiger partial charge >= 0.3 is 6.18 Å². The predicted molar refractivity (Wildman–Crippen MR) is 71.3 cm³/mol. The molecule has 8 heteroatoms. The smallest absolute Gasteiger partial charge is 0.398 e. The second-order valence-corrected chi connectivity index (χ2v) is 4.39. The molecule has 0 atom stereocenters. The molecule has 0 spiro atoms. The van der Waals surface area contributed by atoms with Gasteiger partial charge in [-0.2, -0.15) is 18.3 Å². The molecule has 0 fully saturated rings. The van der Waals surface area contributed by atoms with Gasteiger partial charge in [0.25, 0.3) is 0 Å². The largest absolute Gasteiger partial charge is 0.435 e. The summed E-state index contributed by atoms with van der Waals surface area (Å²) < 4.78 is 39.4. The average Bonchev–Trinajstić information content (AvgIpc) is 2.82. The Kier molecular flexibility index (Phi) is 3.63. The monoisotopic (exact) mass is 298 g/mol. The van der Waals surface area contributed by atoms with Crippen LogP contribution < -0.4 is 11.5 Å². The topological polar surface area (TPSA) is 86.9 Å². The van der Waals surface area contributed by atoms with Gasteiger partial charge < -0.3 is 11.5 Å². The van der Waals surface area contributed by atoms with Gasteiger partial charge in [0.15, 0.2) is 5.69 Å². The number of rotatable bonds is 3.